The van der Waals surface area contributed by atoms with Gasteiger partial charge in [-0.25, -0.2) is 13.8 Å². The van der Waals surface area contributed by atoms with Crippen LogP contribution in [0, 0.1) is 11.6 Å². The Balaban J connectivity index is 1.64. The minimum atomic E-state index is -0.504. The van der Waals surface area contributed by atoms with Crippen molar-refractivity contribution < 1.29 is 18.3 Å². The monoisotopic (exact) mass is 417 g/mol. The van der Waals surface area contributed by atoms with Gasteiger partial charge in [0.25, 0.3) is 5.91 Å². The summed E-state index contributed by atoms with van der Waals surface area (Å²) in [6.45, 7) is 1.35. The van der Waals surface area contributed by atoms with E-state index < -0.39 is 5.82 Å². The zero-order chi connectivity index (χ0) is 20.8. The van der Waals surface area contributed by atoms with E-state index >= 15 is 0 Å². The summed E-state index contributed by atoms with van der Waals surface area (Å²) in [7, 11) is 3.84. The van der Waals surface area contributed by atoms with Crippen molar-refractivity contribution in [1.29, 1.82) is 0 Å². The molecule has 0 aliphatic carbocycles. The Labute approximate surface area is 172 Å². The van der Waals surface area contributed by atoms with E-state index in [-0.39, 0.29) is 24.0 Å². The summed E-state index contributed by atoms with van der Waals surface area (Å²) < 4.78 is 33.3. The lowest BCUT2D eigenvalue weighted by Gasteiger charge is -2.09. The Morgan fingerprint density at radius 1 is 1.21 bits per heavy atom. The maximum absolute atomic E-state index is 14.5. The summed E-state index contributed by atoms with van der Waals surface area (Å²) in [6.07, 6.45) is 0. The van der Waals surface area contributed by atoms with Crippen LogP contribution >= 0.6 is 11.3 Å². The van der Waals surface area contributed by atoms with Gasteiger partial charge in [-0.1, -0.05) is 12.1 Å². The minimum Gasteiger partial charge on any atom is -0.489 e. The van der Waals surface area contributed by atoms with Crippen LogP contribution in [0.4, 0.5) is 8.78 Å². The third-order valence-electron chi connectivity index (χ3n) is 4.05. The van der Waals surface area contributed by atoms with Crippen molar-refractivity contribution in [3.05, 3.63) is 70.7 Å². The highest BCUT2D eigenvalue weighted by Gasteiger charge is 2.15. The number of aromatic nitrogens is 1. The molecule has 5 nitrogen and oxygen atoms in total. The first-order valence-electron chi connectivity index (χ1n) is 8.98. The number of likely N-dealkylation sites (N-methyl/N-ethyl adjacent to an activating group) is 1. The number of hydrogen-bond donors (Lipinski definition) is 1. The van der Waals surface area contributed by atoms with E-state index in [9.17, 15) is 13.6 Å². The molecule has 29 heavy (non-hydrogen) atoms. The Kier molecular flexibility index (Phi) is 6.90. The van der Waals surface area contributed by atoms with E-state index in [2.05, 4.69) is 10.3 Å². The van der Waals surface area contributed by atoms with Crippen LogP contribution < -0.4 is 10.1 Å². The van der Waals surface area contributed by atoms with Crippen molar-refractivity contribution in [3.8, 4) is 16.3 Å². The summed E-state index contributed by atoms with van der Waals surface area (Å²) in [6, 6.07) is 10.5. The second-order valence-electron chi connectivity index (χ2n) is 6.66. The van der Waals surface area contributed by atoms with Crippen LogP contribution in [-0.4, -0.2) is 43.0 Å². The molecule has 0 radical (unpaired) electrons. The van der Waals surface area contributed by atoms with Crippen LogP contribution in [0.25, 0.3) is 10.6 Å². The molecule has 3 aromatic rings. The first-order chi connectivity index (χ1) is 13.9. The Morgan fingerprint density at radius 2 is 2.03 bits per heavy atom. The number of amides is 1. The number of nitrogens with zero attached hydrogens (tertiary/aromatic N) is 2. The van der Waals surface area contributed by atoms with Gasteiger partial charge < -0.3 is 15.0 Å². The molecular weight excluding hydrogens is 396 g/mol. The molecule has 152 valence electrons. The smallest absolute Gasteiger partial charge is 0.270 e. The lowest BCUT2D eigenvalue weighted by molar-refractivity contribution is 0.0947. The molecule has 3 rings (SSSR count). The van der Waals surface area contributed by atoms with Crippen LogP contribution in [0.5, 0.6) is 5.75 Å². The molecule has 1 N–H and O–H groups in total. The first-order valence-corrected chi connectivity index (χ1v) is 9.86. The average molecular weight is 417 g/mol. The van der Waals surface area contributed by atoms with Crippen LogP contribution in [0.2, 0.25) is 0 Å². The fourth-order valence-corrected chi connectivity index (χ4v) is 3.36. The lowest BCUT2D eigenvalue weighted by Crippen LogP contribution is -2.31. The summed E-state index contributed by atoms with van der Waals surface area (Å²) >= 11 is 1.20. The van der Waals surface area contributed by atoms with Gasteiger partial charge in [0.15, 0.2) is 0 Å². The Bertz CT molecular complexity index is 992. The minimum absolute atomic E-state index is 0.130. The molecule has 1 amide bonds. The predicted molar refractivity (Wildman–Crippen MR) is 109 cm³/mol. The van der Waals surface area contributed by atoms with Crippen LogP contribution in [-0.2, 0) is 6.61 Å². The third kappa shape index (κ3) is 5.82. The van der Waals surface area contributed by atoms with E-state index in [4.69, 9.17) is 4.74 Å². The summed E-state index contributed by atoms with van der Waals surface area (Å²) in [5.41, 5.74) is 1.20. The zero-order valence-corrected chi connectivity index (χ0v) is 16.9. The summed E-state index contributed by atoms with van der Waals surface area (Å²) in [4.78, 5) is 18.3. The Morgan fingerprint density at radius 3 is 2.76 bits per heavy atom. The molecule has 1 aromatic heterocycles. The number of carbonyl (C=O) groups excluding carboxylic acids is 1. The molecular formula is C21H21F2N3O2S. The number of thiazole rings is 1. The zero-order valence-electron chi connectivity index (χ0n) is 16.1. The SMILES string of the molecule is CN(C)CCNC(=O)c1csc(-c2ccc(OCc3cccc(F)c3)cc2F)n1. The van der Waals surface area contributed by atoms with Crippen molar-refractivity contribution in [1.82, 2.24) is 15.2 Å². The number of ether oxygens (including phenoxy) is 1. The van der Waals surface area contributed by atoms with Crippen LogP contribution in [0.3, 0.4) is 0 Å². The van der Waals surface area contributed by atoms with Crippen LogP contribution in [0.15, 0.2) is 47.8 Å². The highest BCUT2D eigenvalue weighted by Crippen LogP contribution is 2.29. The number of rotatable bonds is 8. The molecule has 0 saturated carbocycles. The molecule has 1 heterocycles. The molecule has 0 unspecified atom stereocenters. The van der Waals surface area contributed by atoms with Crippen molar-refractivity contribution in [3.63, 3.8) is 0 Å². The van der Waals surface area contributed by atoms with Gasteiger partial charge in [-0.3, -0.25) is 4.79 Å². The summed E-state index contributed by atoms with van der Waals surface area (Å²) in [5, 5.41) is 4.80. The maximum Gasteiger partial charge on any atom is 0.270 e. The van der Waals surface area contributed by atoms with E-state index in [1.165, 1.54) is 29.5 Å². The second-order valence-corrected chi connectivity index (χ2v) is 7.52. The number of nitrogens with one attached hydrogen (secondary N) is 1. The lowest BCUT2D eigenvalue weighted by atomic mass is 10.2. The van der Waals surface area contributed by atoms with Crippen LogP contribution in [0.1, 0.15) is 16.1 Å². The average Bonchev–Trinajstić information content (AvgIpc) is 3.16. The highest BCUT2D eigenvalue weighted by molar-refractivity contribution is 7.13. The van der Waals surface area contributed by atoms with Crippen molar-refractivity contribution in [2.75, 3.05) is 27.2 Å². The van der Waals surface area contributed by atoms with Gasteiger partial charge in [0.2, 0.25) is 0 Å². The molecule has 0 spiro atoms. The normalized spacial score (nSPS) is 10.9. The fourth-order valence-electron chi connectivity index (χ4n) is 2.54. The third-order valence-corrected chi connectivity index (χ3v) is 4.92. The second kappa shape index (κ2) is 9.58. The molecule has 0 aliphatic heterocycles. The van der Waals surface area contributed by atoms with Gasteiger partial charge in [0, 0.05) is 30.1 Å². The van der Waals surface area contributed by atoms with Gasteiger partial charge in [-0.05, 0) is 43.9 Å². The summed E-state index contributed by atoms with van der Waals surface area (Å²) in [5.74, 6) is -0.813. The molecule has 0 saturated heterocycles. The molecule has 8 heteroatoms. The highest BCUT2D eigenvalue weighted by atomic mass is 32.1. The topological polar surface area (TPSA) is 54.5 Å². The van der Waals surface area contributed by atoms with Gasteiger partial charge in [-0.15, -0.1) is 11.3 Å². The molecule has 0 bridgehead atoms. The number of carbonyl (C=O) groups is 1. The first kappa shape index (κ1) is 20.9. The molecule has 0 atom stereocenters. The standard InChI is InChI=1S/C21H21F2N3O2S/c1-26(2)9-8-24-20(27)19-13-29-21(25-19)17-7-6-16(11-18(17)23)28-12-14-4-3-5-15(22)10-14/h3-7,10-11,13H,8-9,12H2,1-2H3,(H,24,27). The molecule has 0 fully saturated rings. The fraction of sp³-hybridized carbons (Fsp3) is 0.238. The van der Waals surface area contributed by atoms with Crippen molar-refractivity contribution in [2.45, 2.75) is 6.61 Å². The van der Waals surface area contributed by atoms with E-state index in [0.717, 1.165) is 0 Å². The van der Waals surface area contributed by atoms with Crippen molar-refractivity contribution >= 4 is 17.2 Å². The predicted octanol–water partition coefficient (Wildman–Crippen LogP) is 3.96. The van der Waals surface area contributed by atoms with Gasteiger partial charge in [0.1, 0.15) is 34.7 Å². The van der Waals surface area contributed by atoms with E-state index in [1.807, 2.05) is 19.0 Å². The Hall–Kier alpha value is -2.84. The van der Waals surface area contributed by atoms with Gasteiger partial charge in [-0.2, -0.15) is 0 Å². The van der Waals surface area contributed by atoms with E-state index in [0.29, 0.717) is 35.0 Å². The van der Waals surface area contributed by atoms with Gasteiger partial charge >= 0.3 is 0 Å². The largest absolute Gasteiger partial charge is 0.489 e. The van der Waals surface area contributed by atoms with Crippen molar-refractivity contribution in [2.24, 2.45) is 0 Å². The molecule has 0 aliphatic rings. The maximum atomic E-state index is 14.5. The number of benzene rings is 2. The quantitative estimate of drug-likeness (QED) is 0.603. The van der Waals surface area contributed by atoms with Gasteiger partial charge in [0.05, 0.1) is 0 Å². The number of hydrogen-bond acceptors (Lipinski definition) is 5. The number of halogens is 2. The molecule has 2 aromatic carbocycles. The van der Waals surface area contributed by atoms with E-state index in [1.54, 1.807) is 29.6 Å².